The minimum absolute atomic E-state index is 0.0513. The molecule has 0 radical (unpaired) electrons. The van der Waals surface area contributed by atoms with E-state index in [1.807, 2.05) is 18.2 Å². The van der Waals surface area contributed by atoms with Crippen LogP contribution in [0.1, 0.15) is 6.42 Å². The van der Waals surface area contributed by atoms with Gasteiger partial charge in [-0.3, -0.25) is 14.4 Å². The van der Waals surface area contributed by atoms with E-state index in [0.717, 1.165) is 0 Å². The van der Waals surface area contributed by atoms with Crippen molar-refractivity contribution in [1.29, 1.82) is 0 Å². The fourth-order valence-electron chi connectivity index (χ4n) is 3.51. The number of amides is 3. The summed E-state index contributed by atoms with van der Waals surface area (Å²) in [4.78, 5) is 40.6. The molecule has 0 saturated heterocycles. The molecule has 8 nitrogen and oxygen atoms in total. The van der Waals surface area contributed by atoms with Crippen molar-refractivity contribution in [2.24, 2.45) is 0 Å². The second-order valence-corrected chi connectivity index (χ2v) is 6.74. The summed E-state index contributed by atoms with van der Waals surface area (Å²) in [6.07, 6.45) is -0.681. The molecule has 2 aromatic carbocycles. The summed E-state index contributed by atoms with van der Waals surface area (Å²) in [6, 6.07) is 14.4. The number of rotatable bonds is 4. The van der Waals surface area contributed by atoms with Crippen molar-refractivity contribution in [2.45, 2.75) is 12.5 Å². The van der Waals surface area contributed by atoms with Gasteiger partial charge in [-0.05, 0) is 24.3 Å². The maximum Gasteiger partial charge on any atom is 0.265 e. The van der Waals surface area contributed by atoms with Crippen molar-refractivity contribution in [2.75, 3.05) is 36.5 Å². The minimum atomic E-state index is -0.787. The first-order chi connectivity index (χ1) is 14.1. The van der Waals surface area contributed by atoms with Crippen LogP contribution in [-0.4, -0.2) is 50.6 Å². The van der Waals surface area contributed by atoms with E-state index < -0.39 is 6.10 Å². The highest BCUT2D eigenvalue weighted by atomic mass is 16.5. The molecule has 0 bridgehead atoms. The van der Waals surface area contributed by atoms with Crippen molar-refractivity contribution in [3.63, 3.8) is 0 Å². The Morgan fingerprint density at radius 2 is 1.76 bits per heavy atom. The maximum absolute atomic E-state index is 13.0. The Balaban J connectivity index is 1.52. The Hall–Kier alpha value is -3.55. The topological polar surface area (TPSA) is 88.2 Å². The number of nitrogens with zero attached hydrogens (tertiary/aromatic N) is 2. The lowest BCUT2D eigenvalue weighted by molar-refractivity contribution is -0.127. The highest BCUT2D eigenvalue weighted by molar-refractivity contribution is 6.00. The number of ether oxygens (including phenoxy) is 2. The molecule has 3 amide bonds. The molecule has 4 rings (SSSR count). The van der Waals surface area contributed by atoms with Crippen LogP contribution >= 0.6 is 0 Å². The number of fused-ring (bicyclic) bond motifs is 2. The zero-order chi connectivity index (χ0) is 20.4. The van der Waals surface area contributed by atoms with E-state index in [1.165, 1.54) is 7.05 Å². The number of carbonyl (C=O) groups excluding carboxylic acids is 3. The van der Waals surface area contributed by atoms with Gasteiger partial charge in [0.15, 0.2) is 12.7 Å². The lowest BCUT2D eigenvalue weighted by atomic mass is 10.1. The normalized spacial score (nSPS) is 17.6. The van der Waals surface area contributed by atoms with Crippen LogP contribution in [0.15, 0.2) is 48.5 Å². The summed E-state index contributed by atoms with van der Waals surface area (Å²) in [5, 5.41) is 2.56. The highest BCUT2D eigenvalue weighted by Gasteiger charge is 2.34. The first-order valence-electron chi connectivity index (χ1n) is 9.38. The van der Waals surface area contributed by atoms with Crippen molar-refractivity contribution in [3.05, 3.63) is 48.5 Å². The van der Waals surface area contributed by atoms with Gasteiger partial charge in [-0.2, -0.15) is 0 Å². The number of nitrogens with one attached hydrogen (secondary N) is 1. The second kappa shape index (κ2) is 7.83. The van der Waals surface area contributed by atoms with E-state index in [1.54, 1.807) is 40.1 Å². The fourth-order valence-corrected chi connectivity index (χ4v) is 3.51. The average Bonchev–Trinajstić information content (AvgIpc) is 2.76. The minimum Gasteiger partial charge on any atom is -0.482 e. The van der Waals surface area contributed by atoms with Crippen molar-refractivity contribution in [3.8, 4) is 11.5 Å². The smallest absolute Gasteiger partial charge is 0.265 e. The lowest BCUT2D eigenvalue weighted by Crippen LogP contribution is -2.50. The molecular formula is C21H21N3O5. The third-order valence-corrected chi connectivity index (χ3v) is 4.97. The molecule has 0 spiro atoms. The van der Waals surface area contributed by atoms with Crippen LogP contribution in [-0.2, 0) is 14.4 Å². The molecule has 2 aliphatic rings. The van der Waals surface area contributed by atoms with Gasteiger partial charge in [0.2, 0.25) is 5.91 Å². The van der Waals surface area contributed by atoms with E-state index >= 15 is 0 Å². The van der Waals surface area contributed by atoms with Crippen molar-refractivity contribution < 1.29 is 23.9 Å². The molecular weight excluding hydrogens is 374 g/mol. The summed E-state index contributed by atoms with van der Waals surface area (Å²) in [5.41, 5.74) is 1.27. The third kappa shape index (κ3) is 3.61. The molecule has 2 aromatic rings. The van der Waals surface area contributed by atoms with Crippen LogP contribution in [0.2, 0.25) is 0 Å². The molecule has 8 heteroatoms. The average molecular weight is 395 g/mol. The molecule has 0 fully saturated rings. The quantitative estimate of drug-likeness (QED) is 0.844. The molecule has 1 atom stereocenters. The van der Waals surface area contributed by atoms with Gasteiger partial charge < -0.3 is 24.6 Å². The maximum atomic E-state index is 13.0. The molecule has 150 valence electrons. The Labute approximate surface area is 168 Å². The number of benzene rings is 2. The van der Waals surface area contributed by atoms with E-state index in [9.17, 15) is 14.4 Å². The zero-order valence-electron chi connectivity index (χ0n) is 16.0. The Kier molecular flexibility index (Phi) is 5.07. The summed E-state index contributed by atoms with van der Waals surface area (Å²) in [7, 11) is 1.53. The Bertz CT molecular complexity index is 961. The van der Waals surface area contributed by atoms with E-state index in [0.29, 0.717) is 22.9 Å². The van der Waals surface area contributed by atoms with Gasteiger partial charge in [-0.1, -0.05) is 24.3 Å². The molecule has 29 heavy (non-hydrogen) atoms. The summed E-state index contributed by atoms with van der Waals surface area (Å²) >= 11 is 0. The summed E-state index contributed by atoms with van der Waals surface area (Å²) in [6.45, 7) is 0.287. The van der Waals surface area contributed by atoms with E-state index in [2.05, 4.69) is 5.32 Å². The number of para-hydroxylation sites is 4. The number of hydrogen-bond acceptors (Lipinski definition) is 5. The summed E-state index contributed by atoms with van der Waals surface area (Å²) < 4.78 is 11.2. The van der Waals surface area contributed by atoms with E-state index in [-0.39, 0.29) is 43.8 Å². The van der Waals surface area contributed by atoms with Crippen LogP contribution < -0.4 is 24.6 Å². The molecule has 1 N–H and O–H groups in total. The second-order valence-electron chi connectivity index (χ2n) is 6.74. The fraction of sp³-hybridized carbons (Fsp3) is 0.286. The Morgan fingerprint density at radius 1 is 1.07 bits per heavy atom. The van der Waals surface area contributed by atoms with Gasteiger partial charge in [0.1, 0.15) is 11.5 Å². The zero-order valence-corrected chi connectivity index (χ0v) is 16.0. The van der Waals surface area contributed by atoms with Gasteiger partial charge in [0.05, 0.1) is 17.9 Å². The predicted octanol–water partition coefficient (Wildman–Crippen LogP) is 1.34. The number of anilines is 2. The first kappa shape index (κ1) is 18.8. The van der Waals surface area contributed by atoms with Crippen LogP contribution in [0.5, 0.6) is 11.5 Å². The van der Waals surface area contributed by atoms with Gasteiger partial charge >= 0.3 is 0 Å². The van der Waals surface area contributed by atoms with Gasteiger partial charge in [-0.25, -0.2) is 0 Å². The van der Waals surface area contributed by atoms with Crippen LogP contribution in [0, 0.1) is 0 Å². The lowest BCUT2D eigenvalue weighted by Gasteiger charge is -2.35. The standard InChI is InChI=1S/C21H21N3O5/c1-22-21(27)18-12-24(15-7-3-5-9-17(15)29-18)19(25)10-11-23-14-6-2-4-8-16(14)28-13-20(23)26/h2-9,18H,10-13H2,1H3,(H,22,27)/t18-/m0/s1. The monoisotopic (exact) mass is 395 g/mol. The largest absolute Gasteiger partial charge is 0.482 e. The predicted molar refractivity (Wildman–Crippen MR) is 106 cm³/mol. The molecule has 0 aliphatic carbocycles. The van der Waals surface area contributed by atoms with Crippen molar-refractivity contribution >= 4 is 29.1 Å². The van der Waals surface area contributed by atoms with Crippen LogP contribution in [0.3, 0.4) is 0 Å². The Morgan fingerprint density at radius 3 is 2.52 bits per heavy atom. The van der Waals surface area contributed by atoms with Gasteiger partial charge in [0, 0.05) is 20.0 Å². The molecule has 0 saturated carbocycles. The molecule has 0 aromatic heterocycles. The van der Waals surface area contributed by atoms with Crippen molar-refractivity contribution in [1.82, 2.24) is 5.32 Å². The SMILES string of the molecule is CNC(=O)[C@@H]1CN(C(=O)CCN2C(=O)COc3ccccc32)c2ccccc2O1. The number of carbonyl (C=O) groups is 3. The third-order valence-electron chi connectivity index (χ3n) is 4.97. The summed E-state index contributed by atoms with van der Waals surface area (Å²) in [5.74, 6) is 0.424. The van der Waals surface area contributed by atoms with Gasteiger partial charge in [0.25, 0.3) is 11.8 Å². The van der Waals surface area contributed by atoms with Crippen LogP contribution in [0.25, 0.3) is 0 Å². The van der Waals surface area contributed by atoms with Gasteiger partial charge in [-0.15, -0.1) is 0 Å². The molecule has 2 heterocycles. The first-order valence-corrected chi connectivity index (χ1v) is 9.38. The highest BCUT2D eigenvalue weighted by Crippen LogP contribution is 2.34. The number of likely N-dealkylation sites (N-methyl/N-ethyl adjacent to an activating group) is 1. The molecule has 0 unspecified atom stereocenters. The van der Waals surface area contributed by atoms with E-state index in [4.69, 9.17) is 9.47 Å². The van der Waals surface area contributed by atoms with Crippen LogP contribution in [0.4, 0.5) is 11.4 Å². The number of hydrogen-bond donors (Lipinski definition) is 1. The molecule has 2 aliphatic heterocycles.